The van der Waals surface area contributed by atoms with Crippen molar-refractivity contribution in [1.29, 1.82) is 0 Å². The van der Waals surface area contributed by atoms with Crippen LogP contribution in [0.1, 0.15) is 0 Å². The molecule has 8 heteroatoms. The summed E-state index contributed by atoms with van der Waals surface area (Å²) < 4.78 is 6.99. The third-order valence-corrected chi connectivity index (χ3v) is 16.2. The fourth-order valence-electron chi connectivity index (χ4n) is 12.5. The molecule has 0 aliphatic rings. The van der Waals surface area contributed by atoms with Crippen LogP contribution in [0.2, 0.25) is 0 Å². The molecule has 84 heavy (non-hydrogen) atoms. The minimum absolute atomic E-state index is 0.519. The van der Waals surface area contributed by atoms with Crippen LogP contribution in [0.25, 0.3) is 82.7 Å². The van der Waals surface area contributed by atoms with Crippen molar-refractivity contribution < 1.29 is 0 Å². The highest BCUT2D eigenvalue weighted by molar-refractivity contribution is 6.13. The molecular formula is C76H52N8. The average Bonchev–Trinajstić information content (AvgIpc) is 3.19. The van der Waals surface area contributed by atoms with Crippen LogP contribution >= 0.6 is 0 Å². The summed E-state index contributed by atoms with van der Waals surface area (Å²) in [5, 5.41) is 6.87. The number of benzene rings is 12. The van der Waals surface area contributed by atoms with Gasteiger partial charge in [-0.2, -0.15) is 9.97 Å². The summed E-state index contributed by atoms with van der Waals surface area (Å²) in [7, 11) is 0. The number of rotatable bonds is 12. The number of fused-ring (bicyclic) bond motifs is 9. The van der Waals surface area contributed by atoms with Crippen molar-refractivity contribution in [3.63, 3.8) is 0 Å². The largest absolute Gasteiger partial charge is 0.310 e. The normalized spacial score (nSPS) is 11.6. The van der Waals surface area contributed by atoms with Crippen molar-refractivity contribution in [2.75, 3.05) is 14.7 Å². The topological polar surface area (TPSA) is 50.3 Å². The summed E-state index contributed by atoms with van der Waals surface area (Å²) in [4.78, 5) is 18.5. The number of para-hydroxylation sites is 9. The van der Waals surface area contributed by atoms with Crippen LogP contribution in [0.15, 0.2) is 315 Å². The van der Waals surface area contributed by atoms with Crippen molar-refractivity contribution in [3.05, 3.63) is 315 Å². The van der Waals surface area contributed by atoms with Gasteiger partial charge in [0.1, 0.15) is 11.6 Å². The van der Waals surface area contributed by atoms with E-state index in [4.69, 9.17) is 9.97 Å². The molecule has 0 amide bonds. The lowest BCUT2D eigenvalue weighted by Gasteiger charge is -2.29. The molecule has 0 fully saturated rings. The summed E-state index contributed by atoms with van der Waals surface area (Å²) in [6.45, 7) is 0. The number of hydrogen-bond donors (Lipinski definition) is 0. The van der Waals surface area contributed by atoms with Crippen molar-refractivity contribution in [2.45, 2.75) is 0 Å². The summed E-state index contributed by atoms with van der Waals surface area (Å²) >= 11 is 0. The maximum Gasteiger partial charge on any atom is 0.238 e. The molecule has 0 radical (unpaired) electrons. The van der Waals surface area contributed by atoms with Crippen molar-refractivity contribution >= 4 is 117 Å². The van der Waals surface area contributed by atoms with E-state index in [0.717, 1.165) is 106 Å². The molecule has 0 N–H and O–H groups in total. The van der Waals surface area contributed by atoms with E-state index in [-0.39, 0.29) is 0 Å². The smallest absolute Gasteiger partial charge is 0.238 e. The van der Waals surface area contributed by atoms with Gasteiger partial charge in [-0.05, 0) is 133 Å². The van der Waals surface area contributed by atoms with Crippen molar-refractivity contribution in [2.24, 2.45) is 0 Å². The zero-order chi connectivity index (χ0) is 55.5. The minimum atomic E-state index is 0.519. The van der Waals surface area contributed by atoms with Gasteiger partial charge < -0.3 is 14.0 Å². The van der Waals surface area contributed by atoms with E-state index >= 15 is 0 Å². The van der Waals surface area contributed by atoms with Crippen molar-refractivity contribution in [3.8, 4) is 17.3 Å². The Balaban J connectivity index is 0.976. The fraction of sp³-hybridized carbons (Fsp3) is 0. The molecular weight excluding hydrogens is 1020 g/mol. The standard InChI is InChI=1S/C76H52N8/c1-7-25-53(26-8-1)79(54-27-9-2-10-28-54)59-45-48-71-67(49-59)64-39-21-24-42-70(64)84(71)76-77-74(80(55-29-11-3-12-30-55)60-43-46-65-62-37-19-22-40-68(62)82(72(65)50-60)57-33-15-5-16-34-57)52-75(78-76)81(56-31-13-4-14-32-56)61-44-47-66-63-38-20-23-41-69(63)83(73(66)51-61)58-35-17-6-18-36-58/h1-52H. The van der Waals surface area contributed by atoms with Crippen LogP contribution in [0.3, 0.4) is 0 Å². The van der Waals surface area contributed by atoms with Crippen LogP contribution in [-0.2, 0) is 0 Å². The third kappa shape index (κ3) is 8.15. The van der Waals surface area contributed by atoms with E-state index in [1.807, 2.05) is 0 Å². The zero-order valence-corrected chi connectivity index (χ0v) is 45.6. The lowest BCUT2D eigenvalue weighted by Crippen LogP contribution is -2.18. The summed E-state index contributed by atoms with van der Waals surface area (Å²) in [6, 6.07) is 112. The van der Waals surface area contributed by atoms with Gasteiger partial charge in [0.05, 0.1) is 33.1 Å². The molecule has 16 rings (SSSR count). The highest BCUT2D eigenvalue weighted by Gasteiger charge is 2.26. The highest BCUT2D eigenvalue weighted by Crippen LogP contribution is 2.45. The molecule has 4 aromatic heterocycles. The average molecular weight is 1080 g/mol. The number of hydrogen-bond acceptors (Lipinski definition) is 5. The van der Waals surface area contributed by atoms with Gasteiger partial charge in [-0.15, -0.1) is 0 Å². The summed E-state index contributed by atoms with van der Waals surface area (Å²) in [5.74, 6) is 1.89. The predicted molar refractivity (Wildman–Crippen MR) is 349 cm³/mol. The molecule has 0 aliphatic carbocycles. The Labute approximate surface area is 485 Å². The lowest BCUT2D eigenvalue weighted by atomic mass is 10.1. The Bertz CT molecular complexity index is 4820. The van der Waals surface area contributed by atoms with Crippen LogP contribution in [0, 0.1) is 0 Å². The Kier molecular flexibility index (Phi) is 11.7. The molecule has 0 spiro atoms. The van der Waals surface area contributed by atoms with E-state index < -0.39 is 0 Å². The van der Waals surface area contributed by atoms with Gasteiger partial charge in [-0.3, -0.25) is 14.4 Å². The molecule has 8 nitrogen and oxygen atoms in total. The van der Waals surface area contributed by atoms with Crippen LogP contribution in [0.5, 0.6) is 0 Å². The SMILES string of the molecule is c1ccc(N(c2ccccc2)c2ccc3c(c2)c2ccccc2n3-c2nc(N(c3ccccc3)c3ccc4c5ccccc5n(-c5ccccc5)c4c3)cc(N(c3ccccc3)c3ccc4c5ccccc5n(-c5ccccc5)c4c3)n2)cc1. The molecule has 0 unspecified atom stereocenters. The second kappa shape index (κ2) is 20.3. The maximum absolute atomic E-state index is 5.82. The van der Waals surface area contributed by atoms with Gasteiger partial charge >= 0.3 is 0 Å². The summed E-state index contributed by atoms with van der Waals surface area (Å²) in [6.07, 6.45) is 0. The zero-order valence-electron chi connectivity index (χ0n) is 45.6. The lowest BCUT2D eigenvalue weighted by molar-refractivity contribution is 0.968. The number of anilines is 9. The molecule has 396 valence electrons. The molecule has 12 aromatic carbocycles. The van der Waals surface area contributed by atoms with Gasteiger partial charge in [-0.25, -0.2) is 0 Å². The summed E-state index contributed by atoms with van der Waals surface area (Å²) in [5.41, 5.74) is 15.5. The molecule has 0 atom stereocenters. The number of aromatic nitrogens is 5. The minimum Gasteiger partial charge on any atom is -0.310 e. The first-order chi connectivity index (χ1) is 41.7. The van der Waals surface area contributed by atoms with E-state index in [1.165, 1.54) is 10.8 Å². The second-order valence-corrected chi connectivity index (χ2v) is 21.1. The van der Waals surface area contributed by atoms with Gasteiger partial charge in [0.15, 0.2) is 0 Å². The molecule has 0 saturated carbocycles. The Morgan fingerprint density at radius 3 is 0.940 bits per heavy atom. The second-order valence-electron chi connectivity index (χ2n) is 21.1. The third-order valence-electron chi connectivity index (χ3n) is 16.2. The van der Waals surface area contributed by atoms with E-state index in [1.54, 1.807) is 0 Å². The first kappa shape index (κ1) is 48.4. The van der Waals surface area contributed by atoms with Gasteiger partial charge in [0, 0.05) is 89.6 Å². The van der Waals surface area contributed by atoms with Crippen molar-refractivity contribution in [1.82, 2.24) is 23.7 Å². The predicted octanol–water partition coefficient (Wildman–Crippen LogP) is 20.2. The molecule has 16 aromatic rings. The van der Waals surface area contributed by atoms with Crippen LogP contribution in [0.4, 0.5) is 51.4 Å². The van der Waals surface area contributed by atoms with Crippen LogP contribution in [-0.4, -0.2) is 23.7 Å². The fourth-order valence-corrected chi connectivity index (χ4v) is 12.5. The monoisotopic (exact) mass is 1080 g/mol. The molecule has 0 aliphatic heterocycles. The first-order valence-electron chi connectivity index (χ1n) is 28.4. The maximum atomic E-state index is 5.82. The Hall–Kier alpha value is -11.5. The molecule has 0 saturated heterocycles. The quantitative estimate of drug-likeness (QED) is 0.122. The first-order valence-corrected chi connectivity index (χ1v) is 28.4. The molecule has 4 heterocycles. The van der Waals surface area contributed by atoms with E-state index in [0.29, 0.717) is 17.6 Å². The van der Waals surface area contributed by atoms with E-state index in [9.17, 15) is 0 Å². The van der Waals surface area contributed by atoms with E-state index in [2.05, 4.69) is 344 Å². The molecule has 0 bridgehead atoms. The van der Waals surface area contributed by atoms with Gasteiger partial charge in [-0.1, -0.05) is 176 Å². The Morgan fingerprint density at radius 1 is 0.202 bits per heavy atom. The van der Waals surface area contributed by atoms with Crippen LogP contribution < -0.4 is 14.7 Å². The Morgan fingerprint density at radius 2 is 0.512 bits per heavy atom. The highest BCUT2D eigenvalue weighted by atomic mass is 15.3. The number of nitrogens with zero attached hydrogens (tertiary/aromatic N) is 8. The van der Waals surface area contributed by atoms with Gasteiger partial charge in [0.25, 0.3) is 0 Å². The van der Waals surface area contributed by atoms with Gasteiger partial charge in [0.2, 0.25) is 5.95 Å².